The summed E-state index contributed by atoms with van der Waals surface area (Å²) in [7, 11) is 1.56. The van der Waals surface area contributed by atoms with Crippen molar-refractivity contribution in [2.24, 2.45) is 4.99 Å². The van der Waals surface area contributed by atoms with E-state index < -0.39 is 5.25 Å². The van der Waals surface area contributed by atoms with Crippen molar-refractivity contribution < 1.29 is 18.7 Å². The number of carbonyl (C=O) groups excluding carboxylic acids is 2. The Labute approximate surface area is 201 Å². The Morgan fingerprint density at radius 2 is 1.88 bits per heavy atom. The minimum absolute atomic E-state index is 0.0533. The van der Waals surface area contributed by atoms with Gasteiger partial charge in [0.2, 0.25) is 11.8 Å². The van der Waals surface area contributed by atoms with Crippen LogP contribution in [0, 0.1) is 5.82 Å². The van der Waals surface area contributed by atoms with Crippen LogP contribution in [0.4, 0.5) is 15.8 Å². The van der Waals surface area contributed by atoms with Gasteiger partial charge in [0, 0.05) is 24.7 Å². The summed E-state index contributed by atoms with van der Waals surface area (Å²) in [5.74, 6) is -0.125. The van der Waals surface area contributed by atoms with Crippen LogP contribution in [0.25, 0.3) is 0 Å². The zero-order chi connectivity index (χ0) is 23.9. The number of hydrogen-bond donors (Lipinski definition) is 1. The van der Waals surface area contributed by atoms with Gasteiger partial charge in [-0.2, -0.15) is 0 Å². The summed E-state index contributed by atoms with van der Waals surface area (Å²) in [5, 5.41) is 2.71. The second-order valence-corrected chi connectivity index (χ2v) is 8.85. The minimum atomic E-state index is -0.622. The number of anilines is 1. The molecule has 6 nitrogen and oxygen atoms in total. The molecule has 1 heterocycles. The zero-order valence-corrected chi connectivity index (χ0v) is 19.4. The maximum Gasteiger partial charge on any atom is 0.238 e. The molecule has 0 spiro atoms. The van der Waals surface area contributed by atoms with Crippen LogP contribution < -0.4 is 10.1 Å². The summed E-state index contributed by atoms with van der Waals surface area (Å²) in [5.41, 5.74) is 2.20. The van der Waals surface area contributed by atoms with Gasteiger partial charge < -0.3 is 10.1 Å². The van der Waals surface area contributed by atoms with Gasteiger partial charge in [0.25, 0.3) is 0 Å². The molecule has 1 unspecified atom stereocenters. The van der Waals surface area contributed by atoms with E-state index in [9.17, 15) is 14.0 Å². The summed E-state index contributed by atoms with van der Waals surface area (Å²) in [6, 6.07) is 22.6. The first kappa shape index (κ1) is 23.5. The van der Waals surface area contributed by atoms with Gasteiger partial charge in [0.1, 0.15) is 16.8 Å². The van der Waals surface area contributed by atoms with Crippen LogP contribution in [0.3, 0.4) is 0 Å². The number of amidine groups is 1. The number of thioether (sulfide) groups is 1. The number of para-hydroxylation sites is 1. The predicted molar refractivity (Wildman–Crippen MR) is 133 cm³/mol. The molecule has 0 bridgehead atoms. The number of halogens is 1. The smallest absolute Gasteiger partial charge is 0.238 e. The van der Waals surface area contributed by atoms with E-state index in [0.717, 1.165) is 5.56 Å². The van der Waals surface area contributed by atoms with E-state index in [1.165, 1.54) is 23.9 Å². The molecule has 8 heteroatoms. The number of amides is 2. The molecule has 34 heavy (non-hydrogen) atoms. The molecule has 174 valence electrons. The van der Waals surface area contributed by atoms with Crippen LogP contribution in [0.5, 0.6) is 5.75 Å². The molecule has 4 rings (SSSR count). The molecule has 1 fully saturated rings. The Balaban J connectivity index is 1.52. The molecule has 0 aliphatic carbocycles. The topological polar surface area (TPSA) is 71.0 Å². The van der Waals surface area contributed by atoms with Crippen molar-refractivity contribution in [3.63, 3.8) is 0 Å². The lowest BCUT2D eigenvalue weighted by molar-refractivity contribution is -0.129. The molecule has 1 aliphatic heterocycles. The third kappa shape index (κ3) is 6.02. The number of carbonyl (C=O) groups is 2. The second-order valence-electron chi connectivity index (χ2n) is 7.68. The number of benzene rings is 3. The SMILES string of the molecule is COc1cccc(NC(=O)C2CC(=O)N(CCc3ccc(F)cc3)C(=Nc3ccccc3)S2)c1. The van der Waals surface area contributed by atoms with Crippen molar-refractivity contribution in [1.29, 1.82) is 0 Å². The Kier molecular flexibility index (Phi) is 7.59. The average molecular weight is 478 g/mol. The molecule has 0 radical (unpaired) electrons. The molecule has 1 saturated heterocycles. The highest BCUT2D eigenvalue weighted by Gasteiger charge is 2.35. The van der Waals surface area contributed by atoms with Crippen molar-refractivity contribution in [3.05, 3.63) is 90.2 Å². The first-order valence-electron chi connectivity index (χ1n) is 10.8. The molecule has 1 N–H and O–H groups in total. The van der Waals surface area contributed by atoms with Crippen LogP contribution in [0.15, 0.2) is 83.9 Å². The first-order chi connectivity index (χ1) is 16.5. The van der Waals surface area contributed by atoms with E-state index in [0.29, 0.717) is 35.3 Å². The summed E-state index contributed by atoms with van der Waals surface area (Å²) < 4.78 is 18.4. The predicted octanol–water partition coefficient (Wildman–Crippen LogP) is 5.04. The van der Waals surface area contributed by atoms with Crippen LogP contribution >= 0.6 is 11.8 Å². The number of nitrogens with zero attached hydrogens (tertiary/aromatic N) is 2. The fraction of sp³-hybridized carbons (Fsp3) is 0.192. The van der Waals surface area contributed by atoms with Crippen LogP contribution in [-0.4, -0.2) is 40.8 Å². The molecule has 3 aromatic rings. The molecule has 3 aromatic carbocycles. The van der Waals surface area contributed by atoms with Gasteiger partial charge in [-0.3, -0.25) is 14.5 Å². The van der Waals surface area contributed by atoms with E-state index in [1.807, 2.05) is 30.3 Å². The van der Waals surface area contributed by atoms with Gasteiger partial charge in [-0.15, -0.1) is 0 Å². The quantitative estimate of drug-likeness (QED) is 0.518. The summed E-state index contributed by atoms with van der Waals surface area (Å²) in [6.45, 7) is 0.382. The largest absolute Gasteiger partial charge is 0.497 e. The van der Waals surface area contributed by atoms with Crippen LogP contribution in [0.2, 0.25) is 0 Å². The number of methoxy groups -OCH3 is 1. The number of ether oxygens (including phenoxy) is 1. The minimum Gasteiger partial charge on any atom is -0.497 e. The normalized spacial score (nSPS) is 17.0. The fourth-order valence-electron chi connectivity index (χ4n) is 3.49. The highest BCUT2D eigenvalue weighted by Crippen LogP contribution is 2.30. The first-order valence-corrected chi connectivity index (χ1v) is 11.7. The van der Waals surface area contributed by atoms with E-state index in [-0.39, 0.29) is 24.1 Å². The maximum atomic E-state index is 13.2. The van der Waals surface area contributed by atoms with Crippen molar-refractivity contribution in [1.82, 2.24) is 4.90 Å². The Morgan fingerprint density at radius 3 is 2.62 bits per heavy atom. The van der Waals surface area contributed by atoms with E-state index in [2.05, 4.69) is 10.3 Å². The third-order valence-electron chi connectivity index (χ3n) is 5.29. The number of aliphatic imine (C=N–C) groups is 1. The van der Waals surface area contributed by atoms with Crippen molar-refractivity contribution in [3.8, 4) is 5.75 Å². The van der Waals surface area contributed by atoms with Crippen molar-refractivity contribution >= 4 is 40.1 Å². The van der Waals surface area contributed by atoms with Gasteiger partial charge in [-0.1, -0.05) is 48.2 Å². The third-order valence-corrected chi connectivity index (χ3v) is 6.48. The van der Waals surface area contributed by atoms with Gasteiger partial charge in [-0.25, -0.2) is 9.38 Å². The maximum absolute atomic E-state index is 13.2. The molecule has 0 aromatic heterocycles. The van der Waals surface area contributed by atoms with E-state index in [1.54, 1.807) is 48.4 Å². The summed E-state index contributed by atoms with van der Waals surface area (Å²) in [4.78, 5) is 32.4. The highest BCUT2D eigenvalue weighted by molar-refractivity contribution is 8.15. The highest BCUT2D eigenvalue weighted by atomic mass is 32.2. The zero-order valence-electron chi connectivity index (χ0n) is 18.6. The Morgan fingerprint density at radius 1 is 1.12 bits per heavy atom. The van der Waals surface area contributed by atoms with Crippen LogP contribution in [0.1, 0.15) is 12.0 Å². The monoisotopic (exact) mass is 477 g/mol. The molecular formula is C26H24FN3O3S. The van der Waals surface area contributed by atoms with E-state index >= 15 is 0 Å². The summed E-state index contributed by atoms with van der Waals surface area (Å²) >= 11 is 1.26. The number of rotatable bonds is 7. The van der Waals surface area contributed by atoms with Gasteiger partial charge >= 0.3 is 0 Å². The van der Waals surface area contributed by atoms with Gasteiger partial charge in [-0.05, 0) is 48.4 Å². The van der Waals surface area contributed by atoms with Crippen molar-refractivity contribution in [2.75, 3.05) is 19.0 Å². The Bertz CT molecular complexity index is 1190. The van der Waals surface area contributed by atoms with Crippen molar-refractivity contribution in [2.45, 2.75) is 18.1 Å². The molecule has 1 atom stereocenters. The average Bonchev–Trinajstić information content (AvgIpc) is 2.85. The number of nitrogens with one attached hydrogen (secondary N) is 1. The fourth-order valence-corrected chi connectivity index (χ4v) is 4.61. The van der Waals surface area contributed by atoms with E-state index in [4.69, 9.17) is 4.74 Å². The standard InChI is InChI=1S/C26H24FN3O3S/c1-33-22-9-5-8-21(16-22)28-25(32)23-17-24(31)30(15-14-18-10-12-19(27)13-11-18)26(34-23)29-20-6-3-2-4-7-20/h2-13,16,23H,14-15,17H2,1H3,(H,28,32). The van der Waals surface area contributed by atoms with Crippen LogP contribution in [-0.2, 0) is 16.0 Å². The molecule has 0 saturated carbocycles. The lowest BCUT2D eigenvalue weighted by atomic mass is 10.1. The molecule has 1 aliphatic rings. The molecular weight excluding hydrogens is 453 g/mol. The molecule has 2 amide bonds. The van der Waals surface area contributed by atoms with Gasteiger partial charge in [0.15, 0.2) is 5.17 Å². The van der Waals surface area contributed by atoms with Gasteiger partial charge in [0.05, 0.1) is 12.8 Å². The Hall–Kier alpha value is -3.65. The summed E-state index contributed by atoms with van der Waals surface area (Å²) in [6.07, 6.45) is 0.596. The number of hydrogen-bond acceptors (Lipinski definition) is 5. The second kappa shape index (κ2) is 11.0. The lowest BCUT2D eigenvalue weighted by Crippen LogP contribution is -2.46. The lowest BCUT2D eigenvalue weighted by Gasteiger charge is -2.32.